The van der Waals surface area contributed by atoms with Gasteiger partial charge in [-0.15, -0.1) is 0 Å². The fraction of sp³-hybridized carbons (Fsp3) is 0.0909. The zero-order valence-electron chi connectivity index (χ0n) is 7.99. The van der Waals surface area contributed by atoms with Gasteiger partial charge in [0.2, 0.25) is 0 Å². The lowest BCUT2D eigenvalue weighted by Crippen LogP contribution is -1.73. The highest BCUT2D eigenvalue weighted by molar-refractivity contribution is 9.10. The summed E-state index contributed by atoms with van der Waals surface area (Å²) >= 11 is 3.19. The van der Waals surface area contributed by atoms with Crippen molar-refractivity contribution in [1.82, 2.24) is 0 Å². The molecule has 0 aliphatic rings. The third kappa shape index (κ3) is 3.46. The summed E-state index contributed by atoms with van der Waals surface area (Å²) in [6, 6.07) is 5.38. The maximum atomic E-state index is 8.55. The first-order valence-electron chi connectivity index (χ1n) is 4.08. The zero-order valence-corrected chi connectivity index (χ0v) is 9.58. The summed E-state index contributed by atoms with van der Waals surface area (Å²) in [6.45, 7) is 8.52. The van der Waals surface area contributed by atoms with Gasteiger partial charge in [0.05, 0.1) is 12.6 Å². The average molecular weight is 263 g/mol. The summed E-state index contributed by atoms with van der Waals surface area (Å²) in [5.74, 6) is 0.679. The maximum Gasteiger partial charge on any atom is 0.262 e. The van der Waals surface area contributed by atoms with Crippen LogP contribution in [0.2, 0.25) is 0 Å². The van der Waals surface area contributed by atoms with Crippen LogP contribution in [0.3, 0.4) is 0 Å². The van der Waals surface area contributed by atoms with Crippen molar-refractivity contribution >= 4 is 22.0 Å². The first-order valence-corrected chi connectivity index (χ1v) is 4.88. The number of allylic oxidation sites excluding steroid dienone is 3. The standard InChI is InChI=1S/C11H7BrN2O/c1-8(5-9(7-13)14-2)6-10-3-4-11(12)15-10/h3-6H,1H3/b8-6+,9-5-. The van der Waals surface area contributed by atoms with E-state index in [1.807, 2.05) is 0 Å². The van der Waals surface area contributed by atoms with Crippen LogP contribution in [-0.2, 0) is 0 Å². The quantitative estimate of drug-likeness (QED) is 0.463. The highest BCUT2D eigenvalue weighted by Gasteiger charge is 1.97. The Morgan fingerprint density at radius 1 is 1.67 bits per heavy atom. The number of halogens is 1. The third-order valence-electron chi connectivity index (χ3n) is 1.56. The molecule has 0 aliphatic carbocycles. The molecule has 0 amide bonds. The van der Waals surface area contributed by atoms with E-state index in [1.165, 1.54) is 6.08 Å². The second-order valence-electron chi connectivity index (χ2n) is 2.78. The van der Waals surface area contributed by atoms with E-state index in [0.717, 1.165) is 5.57 Å². The molecule has 0 bridgehead atoms. The Balaban J connectivity index is 2.92. The molecule has 3 nitrogen and oxygen atoms in total. The first kappa shape index (κ1) is 11.3. The second-order valence-corrected chi connectivity index (χ2v) is 3.56. The van der Waals surface area contributed by atoms with Crippen molar-refractivity contribution in [1.29, 1.82) is 5.26 Å². The van der Waals surface area contributed by atoms with Gasteiger partial charge in [-0.1, -0.05) is 5.57 Å². The molecule has 0 fully saturated rings. The minimum atomic E-state index is 0.0642. The van der Waals surface area contributed by atoms with Gasteiger partial charge in [-0.05, 0) is 47.1 Å². The lowest BCUT2D eigenvalue weighted by atomic mass is 10.2. The minimum absolute atomic E-state index is 0.0642. The summed E-state index contributed by atoms with van der Waals surface area (Å²) in [5.41, 5.74) is 0.860. The van der Waals surface area contributed by atoms with Crippen LogP contribution >= 0.6 is 15.9 Å². The van der Waals surface area contributed by atoms with Crippen LogP contribution in [0.5, 0.6) is 0 Å². The van der Waals surface area contributed by atoms with Crippen LogP contribution < -0.4 is 0 Å². The van der Waals surface area contributed by atoms with E-state index in [4.69, 9.17) is 16.3 Å². The summed E-state index contributed by atoms with van der Waals surface area (Å²) in [4.78, 5) is 3.06. The van der Waals surface area contributed by atoms with Gasteiger partial charge >= 0.3 is 0 Å². The molecule has 1 aromatic rings. The van der Waals surface area contributed by atoms with Gasteiger partial charge in [-0.25, -0.2) is 10.1 Å². The van der Waals surface area contributed by atoms with E-state index >= 15 is 0 Å². The summed E-state index contributed by atoms with van der Waals surface area (Å²) < 4.78 is 5.90. The second kappa shape index (κ2) is 5.19. The lowest BCUT2D eigenvalue weighted by molar-refractivity contribution is 0.531. The van der Waals surface area contributed by atoms with Crippen molar-refractivity contribution in [2.24, 2.45) is 0 Å². The number of rotatable bonds is 2. The predicted molar refractivity (Wildman–Crippen MR) is 60.4 cm³/mol. The summed E-state index contributed by atoms with van der Waals surface area (Å²) in [6.07, 6.45) is 3.27. The van der Waals surface area contributed by atoms with Crippen LogP contribution in [-0.4, -0.2) is 0 Å². The Kier molecular flexibility index (Phi) is 3.91. The Morgan fingerprint density at radius 3 is 2.87 bits per heavy atom. The molecule has 0 aliphatic heterocycles. The Labute approximate surface area is 96.3 Å². The molecule has 1 heterocycles. The van der Waals surface area contributed by atoms with E-state index in [0.29, 0.717) is 10.4 Å². The van der Waals surface area contributed by atoms with Gasteiger partial charge in [0.15, 0.2) is 4.67 Å². The molecule has 0 aromatic carbocycles. The molecule has 4 heteroatoms. The first-order chi connectivity index (χ1) is 7.15. The normalized spacial score (nSPS) is 12.0. The molecule has 1 aromatic heterocycles. The highest BCUT2D eigenvalue weighted by Crippen LogP contribution is 2.17. The van der Waals surface area contributed by atoms with E-state index < -0.39 is 0 Å². The Morgan fingerprint density at radius 2 is 2.40 bits per heavy atom. The predicted octanol–water partition coefficient (Wildman–Crippen LogP) is 3.77. The molecular formula is C11H7BrN2O. The van der Waals surface area contributed by atoms with Crippen molar-refractivity contribution in [2.45, 2.75) is 6.92 Å². The van der Waals surface area contributed by atoms with E-state index in [-0.39, 0.29) is 5.70 Å². The van der Waals surface area contributed by atoms with Gasteiger partial charge in [-0.2, -0.15) is 0 Å². The van der Waals surface area contributed by atoms with Crippen molar-refractivity contribution in [3.8, 4) is 6.07 Å². The van der Waals surface area contributed by atoms with Crippen molar-refractivity contribution in [3.05, 3.63) is 51.3 Å². The van der Waals surface area contributed by atoms with Gasteiger partial charge < -0.3 is 4.42 Å². The molecule has 0 N–H and O–H groups in total. The minimum Gasteiger partial charge on any atom is -0.450 e. The molecule has 74 valence electrons. The molecule has 0 saturated carbocycles. The topological polar surface area (TPSA) is 41.3 Å². The maximum absolute atomic E-state index is 8.55. The largest absolute Gasteiger partial charge is 0.450 e. The SMILES string of the molecule is [C-]#[N+]/C(C#N)=C\C(C)=C\c1ccc(Br)o1. The Hall–Kier alpha value is -1.78. The van der Waals surface area contributed by atoms with E-state index in [1.54, 1.807) is 31.2 Å². The van der Waals surface area contributed by atoms with Crippen LogP contribution in [0, 0.1) is 17.9 Å². The van der Waals surface area contributed by atoms with Crippen molar-refractivity contribution < 1.29 is 4.42 Å². The number of nitriles is 1. The zero-order chi connectivity index (χ0) is 11.3. The molecule has 0 unspecified atom stereocenters. The number of furan rings is 1. The van der Waals surface area contributed by atoms with Crippen molar-refractivity contribution in [2.75, 3.05) is 0 Å². The monoisotopic (exact) mass is 262 g/mol. The van der Waals surface area contributed by atoms with E-state index in [9.17, 15) is 0 Å². The van der Waals surface area contributed by atoms with E-state index in [2.05, 4.69) is 20.8 Å². The molecular weight excluding hydrogens is 256 g/mol. The smallest absolute Gasteiger partial charge is 0.262 e. The molecule has 0 atom stereocenters. The fourth-order valence-corrected chi connectivity index (χ4v) is 1.30. The number of hydrogen-bond donors (Lipinski definition) is 0. The summed E-state index contributed by atoms with van der Waals surface area (Å²) in [5, 5.41) is 8.55. The summed E-state index contributed by atoms with van der Waals surface area (Å²) in [7, 11) is 0. The number of hydrogen-bond acceptors (Lipinski definition) is 2. The lowest BCUT2D eigenvalue weighted by Gasteiger charge is -1.90. The molecule has 0 radical (unpaired) electrons. The van der Waals surface area contributed by atoms with Crippen LogP contribution in [0.1, 0.15) is 12.7 Å². The van der Waals surface area contributed by atoms with Crippen LogP contribution in [0.15, 0.2) is 38.6 Å². The fourth-order valence-electron chi connectivity index (χ4n) is 0.977. The van der Waals surface area contributed by atoms with Crippen LogP contribution in [0.25, 0.3) is 10.9 Å². The third-order valence-corrected chi connectivity index (χ3v) is 1.99. The van der Waals surface area contributed by atoms with Gasteiger partial charge in [-0.3, -0.25) is 0 Å². The van der Waals surface area contributed by atoms with Gasteiger partial charge in [0.25, 0.3) is 5.70 Å². The van der Waals surface area contributed by atoms with Gasteiger partial charge in [0.1, 0.15) is 5.76 Å². The van der Waals surface area contributed by atoms with Crippen molar-refractivity contribution in [3.63, 3.8) is 0 Å². The number of nitrogens with zero attached hydrogens (tertiary/aromatic N) is 2. The average Bonchev–Trinajstić information content (AvgIpc) is 2.60. The van der Waals surface area contributed by atoms with Crippen LogP contribution in [0.4, 0.5) is 0 Å². The highest BCUT2D eigenvalue weighted by atomic mass is 79.9. The Bertz CT molecular complexity index is 481. The molecule has 1 rings (SSSR count). The van der Waals surface area contributed by atoms with Gasteiger partial charge in [0, 0.05) is 0 Å². The molecule has 0 saturated heterocycles. The molecule has 15 heavy (non-hydrogen) atoms. The molecule has 0 spiro atoms.